The third-order valence-corrected chi connectivity index (χ3v) is 11.0. The molecule has 0 aliphatic carbocycles. The molecule has 3 heterocycles. The number of carbonyl (C=O) groups is 5. The van der Waals surface area contributed by atoms with Gasteiger partial charge in [-0.15, -0.1) is 6.58 Å². The molecule has 3 aliphatic heterocycles. The van der Waals surface area contributed by atoms with Crippen LogP contribution in [-0.2, 0) is 50.0 Å². The van der Waals surface area contributed by atoms with Crippen molar-refractivity contribution in [3.63, 3.8) is 0 Å². The highest BCUT2D eigenvalue weighted by Gasteiger charge is 2.74. The van der Waals surface area contributed by atoms with Crippen molar-refractivity contribution in [2.75, 3.05) is 39.3 Å². The highest BCUT2D eigenvalue weighted by atomic mass is 16.6. The smallest absolute Gasteiger partial charge is 0.324 e. The number of hydrogen-bond donors (Lipinski definition) is 3. The molecule has 0 radical (unpaired) electrons. The molecule has 3 aliphatic rings. The van der Waals surface area contributed by atoms with Gasteiger partial charge in [0, 0.05) is 17.8 Å². The van der Waals surface area contributed by atoms with Crippen LogP contribution in [0.2, 0.25) is 0 Å². The molecule has 4 aromatic carbocycles. The van der Waals surface area contributed by atoms with Gasteiger partial charge in [-0.3, -0.25) is 28.9 Å². The molecule has 2 amide bonds. The summed E-state index contributed by atoms with van der Waals surface area (Å²) in [6.07, 6.45) is 0.474. The van der Waals surface area contributed by atoms with Crippen molar-refractivity contribution >= 4 is 35.4 Å². The van der Waals surface area contributed by atoms with Crippen LogP contribution >= 0.6 is 0 Å². The summed E-state index contributed by atoms with van der Waals surface area (Å²) in [4.78, 5) is 72.7. The van der Waals surface area contributed by atoms with Crippen molar-refractivity contribution in [1.29, 1.82) is 0 Å². The number of fused-ring (bicyclic) bond motifs is 3. The summed E-state index contributed by atoms with van der Waals surface area (Å²) in [5, 5.41) is 15.8. The Balaban J connectivity index is 1.55. The van der Waals surface area contributed by atoms with Gasteiger partial charge in [0.2, 0.25) is 11.8 Å². The number of benzene rings is 4. The van der Waals surface area contributed by atoms with E-state index in [1.807, 2.05) is 65.6 Å². The van der Waals surface area contributed by atoms with Gasteiger partial charge in [-0.05, 0) is 40.8 Å². The van der Waals surface area contributed by atoms with Gasteiger partial charge in [0.1, 0.15) is 29.9 Å². The number of methoxy groups -OCH3 is 2. The minimum Gasteiger partial charge on any atom is -0.491 e. The van der Waals surface area contributed by atoms with Crippen molar-refractivity contribution in [2.24, 2.45) is 11.8 Å². The van der Waals surface area contributed by atoms with E-state index in [1.165, 1.54) is 20.3 Å². The van der Waals surface area contributed by atoms with Crippen LogP contribution in [0, 0.1) is 11.8 Å². The highest BCUT2D eigenvalue weighted by molar-refractivity contribution is 6.12. The Morgan fingerprint density at radius 2 is 1.56 bits per heavy atom. The van der Waals surface area contributed by atoms with Gasteiger partial charge in [-0.1, -0.05) is 97.1 Å². The minimum atomic E-state index is -1.86. The SMILES string of the molecule is C=CCNC(=O)[C@@H]1[C@H]2C(=O)O[C@H](c3ccccc3)[C@H](c3ccccc3)N2[C@H](c2ccccc2OCCO)[C@@]12C(=O)Nc1ccc(CC(C(=O)OC)C(=O)OC)cc12. The zero-order chi connectivity index (χ0) is 40.3. The maximum Gasteiger partial charge on any atom is 0.324 e. The molecular formula is C44H43N3O10. The highest BCUT2D eigenvalue weighted by Crippen LogP contribution is 2.65. The monoisotopic (exact) mass is 773 g/mol. The topological polar surface area (TPSA) is 170 Å². The van der Waals surface area contributed by atoms with Gasteiger partial charge in [-0.2, -0.15) is 0 Å². The Morgan fingerprint density at radius 1 is 0.912 bits per heavy atom. The van der Waals surface area contributed by atoms with Crippen LogP contribution in [0.15, 0.2) is 116 Å². The van der Waals surface area contributed by atoms with E-state index >= 15 is 4.79 Å². The fourth-order valence-electron chi connectivity index (χ4n) is 8.80. The first-order chi connectivity index (χ1) is 27.7. The molecule has 2 saturated heterocycles. The third-order valence-electron chi connectivity index (χ3n) is 11.0. The van der Waals surface area contributed by atoms with Crippen LogP contribution in [0.3, 0.4) is 0 Å². The molecule has 1 spiro atoms. The average Bonchev–Trinajstić information content (AvgIpc) is 3.72. The van der Waals surface area contributed by atoms with Crippen LogP contribution in [0.25, 0.3) is 0 Å². The number of cyclic esters (lactones) is 1. The number of nitrogens with zero attached hydrogens (tertiary/aromatic N) is 1. The summed E-state index contributed by atoms with van der Waals surface area (Å²) in [6.45, 7) is 3.43. The van der Waals surface area contributed by atoms with Crippen LogP contribution in [0.4, 0.5) is 5.69 Å². The van der Waals surface area contributed by atoms with Gasteiger partial charge >= 0.3 is 17.9 Å². The average molecular weight is 774 g/mol. The first-order valence-corrected chi connectivity index (χ1v) is 18.6. The molecule has 7 rings (SSSR count). The van der Waals surface area contributed by atoms with Crippen molar-refractivity contribution in [3.8, 4) is 5.75 Å². The van der Waals surface area contributed by atoms with Crippen molar-refractivity contribution in [2.45, 2.75) is 36.1 Å². The van der Waals surface area contributed by atoms with Gasteiger partial charge in [0.15, 0.2) is 5.92 Å². The summed E-state index contributed by atoms with van der Waals surface area (Å²) in [7, 11) is 2.34. The number of ether oxygens (including phenoxy) is 4. The molecule has 0 aromatic heterocycles. The second-order valence-electron chi connectivity index (χ2n) is 14.0. The standard InChI is InChI=1S/C44H43N3O10/c1-4-21-45-39(49)34-36-42(52)57-37(28-15-9-6-10-16-28)35(27-13-7-5-8-14-27)47(36)38(29-17-11-12-18-33(29)56-23-22-48)44(34)31-25-26(19-20-32(31)46-43(44)53)24-30(40(50)54-2)41(51)55-3/h4-20,25,30,34-38,48H,1,21-24H2,2-3H3,(H,45,49)(H,46,53)/t34-,35-,36-,37+,38+,44-/m0/s1. The van der Waals surface area contributed by atoms with Crippen molar-refractivity contribution in [3.05, 3.63) is 144 Å². The number of esters is 3. The maximum absolute atomic E-state index is 15.3. The Morgan fingerprint density at radius 3 is 2.21 bits per heavy atom. The predicted molar refractivity (Wildman–Crippen MR) is 207 cm³/mol. The van der Waals surface area contributed by atoms with Gasteiger partial charge in [0.05, 0.1) is 38.8 Å². The lowest BCUT2D eigenvalue weighted by Gasteiger charge is -2.46. The molecule has 13 nitrogen and oxygen atoms in total. The number of morpholine rings is 1. The van der Waals surface area contributed by atoms with Crippen molar-refractivity contribution < 1.29 is 48.0 Å². The first-order valence-electron chi connectivity index (χ1n) is 18.6. The van der Waals surface area contributed by atoms with Crippen LogP contribution in [0.1, 0.15) is 46.0 Å². The summed E-state index contributed by atoms with van der Waals surface area (Å²) in [5.41, 5.74) is 1.29. The summed E-state index contributed by atoms with van der Waals surface area (Å²) in [5.74, 6) is -5.88. The first kappa shape index (κ1) is 38.9. The second-order valence-corrected chi connectivity index (χ2v) is 14.0. The van der Waals surface area contributed by atoms with Gasteiger partial charge in [-0.25, -0.2) is 0 Å². The number of nitrogens with one attached hydrogen (secondary N) is 2. The van der Waals surface area contributed by atoms with E-state index in [0.717, 1.165) is 5.56 Å². The predicted octanol–water partition coefficient (Wildman–Crippen LogP) is 4.14. The molecule has 2 fully saturated rings. The Kier molecular flexibility index (Phi) is 11.2. The molecular weight excluding hydrogens is 730 g/mol. The number of para-hydroxylation sites is 1. The largest absolute Gasteiger partial charge is 0.491 e. The quantitative estimate of drug-likeness (QED) is 0.0773. The van der Waals surface area contributed by atoms with E-state index in [0.29, 0.717) is 33.7 Å². The summed E-state index contributed by atoms with van der Waals surface area (Å²) >= 11 is 0. The minimum absolute atomic E-state index is 0.0389. The number of anilines is 1. The molecule has 6 atom stereocenters. The zero-order valence-electron chi connectivity index (χ0n) is 31.5. The van der Waals surface area contributed by atoms with E-state index in [4.69, 9.17) is 18.9 Å². The molecule has 0 saturated carbocycles. The Bertz CT molecular complexity index is 2160. The number of aliphatic hydroxyl groups excluding tert-OH is 1. The number of rotatable bonds is 13. The maximum atomic E-state index is 15.3. The van der Waals surface area contributed by atoms with E-state index in [9.17, 15) is 24.3 Å². The van der Waals surface area contributed by atoms with E-state index < -0.39 is 71.2 Å². The molecule has 0 bridgehead atoms. The van der Waals surface area contributed by atoms with E-state index in [1.54, 1.807) is 42.5 Å². The molecule has 294 valence electrons. The van der Waals surface area contributed by atoms with Crippen LogP contribution < -0.4 is 15.4 Å². The molecule has 3 N–H and O–H groups in total. The Hall–Kier alpha value is -6.31. The molecule has 0 unspecified atom stereocenters. The van der Waals surface area contributed by atoms with E-state index in [-0.39, 0.29) is 26.2 Å². The molecule has 57 heavy (non-hydrogen) atoms. The third kappa shape index (κ3) is 6.72. The van der Waals surface area contributed by atoms with Gasteiger partial charge < -0.3 is 34.7 Å². The normalized spacial score (nSPS) is 23.5. The fourth-order valence-corrected chi connectivity index (χ4v) is 8.80. The van der Waals surface area contributed by atoms with Crippen molar-refractivity contribution in [1.82, 2.24) is 10.2 Å². The lowest BCUT2D eigenvalue weighted by molar-refractivity contribution is -0.178. The zero-order valence-corrected chi connectivity index (χ0v) is 31.5. The lowest BCUT2D eigenvalue weighted by atomic mass is 9.65. The second kappa shape index (κ2) is 16.4. The summed E-state index contributed by atoms with van der Waals surface area (Å²) < 4.78 is 22.4. The molecule has 13 heteroatoms. The lowest BCUT2D eigenvalue weighted by Crippen LogP contribution is -2.54. The summed E-state index contributed by atoms with van der Waals surface area (Å²) in [6, 6.07) is 27.7. The Labute approximate surface area is 329 Å². The fraction of sp³-hybridized carbons (Fsp3) is 0.295. The van der Waals surface area contributed by atoms with E-state index in [2.05, 4.69) is 17.2 Å². The number of carbonyl (C=O) groups excluding carboxylic acids is 5. The number of amides is 2. The number of hydrogen-bond acceptors (Lipinski definition) is 11. The van der Waals surface area contributed by atoms with Gasteiger partial charge in [0.25, 0.3) is 0 Å². The molecule has 4 aromatic rings. The van der Waals surface area contributed by atoms with Crippen LogP contribution in [-0.4, -0.2) is 79.7 Å². The van der Waals surface area contributed by atoms with Crippen LogP contribution in [0.5, 0.6) is 5.75 Å². The number of aliphatic hydroxyl groups is 1.